The Balaban J connectivity index is 4.24. The number of esters is 2. The molecule has 0 aliphatic rings. The SMILES string of the molecule is CCOC(=O)C(=O)[C@H](O)C(=O)OCC. The molecule has 0 aliphatic carbocycles. The van der Waals surface area contributed by atoms with Gasteiger partial charge in [-0.25, -0.2) is 9.59 Å². The second kappa shape index (κ2) is 6.09. The van der Waals surface area contributed by atoms with Crippen LogP contribution in [-0.4, -0.2) is 42.1 Å². The molecule has 0 aromatic rings. The van der Waals surface area contributed by atoms with Crippen molar-refractivity contribution in [3.63, 3.8) is 0 Å². The van der Waals surface area contributed by atoms with Gasteiger partial charge in [-0.1, -0.05) is 0 Å². The van der Waals surface area contributed by atoms with Gasteiger partial charge in [-0.3, -0.25) is 4.79 Å². The third-order valence-electron chi connectivity index (χ3n) is 1.23. The maximum Gasteiger partial charge on any atom is 0.378 e. The predicted octanol–water partition coefficient (Wildman–Crippen LogP) is -0.957. The summed E-state index contributed by atoms with van der Waals surface area (Å²) in [7, 11) is 0. The molecule has 0 spiro atoms. The molecule has 6 nitrogen and oxygen atoms in total. The fourth-order valence-corrected chi connectivity index (χ4v) is 0.642. The predicted molar refractivity (Wildman–Crippen MR) is 44.3 cm³/mol. The molecule has 0 aromatic heterocycles. The maximum atomic E-state index is 10.9. The molecule has 14 heavy (non-hydrogen) atoms. The Morgan fingerprint density at radius 1 is 1.14 bits per heavy atom. The molecule has 6 heteroatoms. The second-order valence-electron chi connectivity index (χ2n) is 2.24. The fraction of sp³-hybridized carbons (Fsp3) is 0.625. The van der Waals surface area contributed by atoms with Crippen molar-refractivity contribution in [1.29, 1.82) is 0 Å². The van der Waals surface area contributed by atoms with Gasteiger partial charge >= 0.3 is 11.9 Å². The zero-order valence-corrected chi connectivity index (χ0v) is 7.98. The Hall–Kier alpha value is -1.43. The summed E-state index contributed by atoms with van der Waals surface area (Å²) in [5, 5.41) is 8.99. The first kappa shape index (κ1) is 12.6. The van der Waals surface area contributed by atoms with Crippen molar-refractivity contribution in [2.45, 2.75) is 20.0 Å². The minimum Gasteiger partial charge on any atom is -0.464 e. The Labute approximate surface area is 80.8 Å². The number of Topliss-reactive ketones (excluding diaryl/α,β-unsaturated/α-hetero) is 1. The lowest BCUT2D eigenvalue weighted by Crippen LogP contribution is -2.37. The van der Waals surface area contributed by atoms with E-state index in [-0.39, 0.29) is 13.2 Å². The molecule has 0 aromatic carbocycles. The van der Waals surface area contributed by atoms with Crippen molar-refractivity contribution < 1.29 is 29.0 Å². The number of hydrogen-bond acceptors (Lipinski definition) is 6. The highest BCUT2D eigenvalue weighted by Crippen LogP contribution is 1.94. The van der Waals surface area contributed by atoms with Gasteiger partial charge < -0.3 is 14.6 Å². The monoisotopic (exact) mass is 204 g/mol. The summed E-state index contributed by atoms with van der Waals surface area (Å²) >= 11 is 0. The van der Waals surface area contributed by atoms with Gasteiger partial charge in [0, 0.05) is 0 Å². The van der Waals surface area contributed by atoms with Crippen LogP contribution >= 0.6 is 0 Å². The first-order valence-electron chi connectivity index (χ1n) is 4.10. The molecule has 0 fully saturated rings. The number of rotatable bonds is 5. The smallest absolute Gasteiger partial charge is 0.378 e. The van der Waals surface area contributed by atoms with E-state index in [4.69, 9.17) is 5.11 Å². The molecule has 1 atom stereocenters. The number of ketones is 1. The van der Waals surface area contributed by atoms with E-state index in [1.807, 2.05) is 0 Å². The van der Waals surface area contributed by atoms with Crippen LogP contribution in [0.25, 0.3) is 0 Å². The third kappa shape index (κ3) is 3.53. The standard InChI is InChI=1S/C8H12O6/c1-3-13-7(11)5(9)6(10)8(12)14-4-2/h5,9H,3-4H2,1-2H3/t5-/m0/s1. The van der Waals surface area contributed by atoms with Crippen LogP contribution in [0.2, 0.25) is 0 Å². The van der Waals surface area contributed by atoms with E-state index >= 15 is 0 Å². The van der Waals surface area contributed by atoms with Crippen LogP contribution < -0.4 is 0 Å². The first-order valence-corrected chi connectivity index (χ1v) is 4.10. The van der Waals surface area contributed by atoms with E-state index in [9.17, 15) is 14.4 Å². The van der Waals surface area contributed by atoms with Crippen molar-refractivity contribution >= 4 is 17.7 Å². The van der Waals surface area contributed by atoms with Gasteiger partial charge in [0.25, 0.3) is 5.78 Å². The Morgan fingerprint density at radius 2 is 1.64 bits per heavy atom. The molecule has 0 bridgehead atoms. The number of carbonyl (C=O) groups is 3. The summed E-state index contributed by atoms with van der Waals surface area (Å²) in [6.07, 6.45) is -2.09. The van der Waals surface area contributed by atoms with E-state index in [2.05, 4.69) is 9.47 Å². The van der Waals surface area contributed by atoms with Crippen LogP contribution in [0.1, 0.15) is 13.8 Å². The van der Waals surface area contributed by atoms with E-state index in [0.717, 1.165) is 0 Å². The van der Waals surface area contributed by atoms with Gasteiger partial charge in [-0.2, -0.15) is 0 Å². The van der Waals surface area contributed by atoms with Gasteiger partial charge in [-0.05, 0) is 13.8 Å². The topological polar surface area (TPSA) is 89.9 Å². The normalized spacial score (nSPS) is 11.6. The van der Waals surface area contributed by atoms with E-state index in [1.165, 1.54) is 13.8 Å². The number of aliphatic hydroxyl groups is 1. The Morgan fingerprint density at radius 3 is 2.07 bits per heavy atom. The third-order valence-corrected chi connectivity index (χ3v) is 1.23. The molecule has 0 aliphatic heterocycles. The van der Waals surface area contributed by atoms with Gasteiger partial charge in [0.1, 0.15) is 0 Å². The molecule has 1 N–H and O–H groups in total. The summed E-state index contributed by atoms with van der Waals surface area (Å²) in [5.74, 6) is -3.70. The van der Waals surface area contributed by atoms with Crippen LogP contribution in [-0.2, 0) is 23.9 Å². The maximum absolute atomic E-state index is 10.9. The Bertz CT molecular complexity index is 234. The minimum atomic E-state index is -2.09. The van der Waals surface area contributed by atoms with Crippen LogP contribution in [0, 0.1) is 0 Å². The van der Waals surface area contributed by atoms with Gasteiger partial charge in [0.05, 0.1) is 13.2 Å². The highest BCUT2D eigenvalue weighted by atomic mass is 16.6. The summed E-state index contributed by atoms with van der Waals surface area (Å²) < 4.78 is 8.63. The van der Waals surface area contributed by atoms with Crippen molar-refractivity contribution in [3.8, 4) is 0 Å². The number of ether oxygens (including phenoxy) is 2. The van der Waals surface area contributed by atoms with Crippen LogP contribution in [0.5, 0.6) is 0 Å². The van der Waals surface area contributed by atoms with Crippen molar-refractivity contribution in [1.82, 2.24) is 0 Å². The molecule has 0 heterocycles. The van der Waals surface area contributed by atoms with Gasteiger partial charge in [-0.15, -0.1) is 0 Å². The zero-order chi connectivity index (χ0) is 11.1. The first-order chi connectivity index (χ1) is 6.54. The molecule has 0 unspecified atom stereocenters. The summed E-state index contributed by atoms with van der Waals surface area (Å²) in [4.78, 5) is 32.5. The van der Waals surface area contributed by atoms with E-state index in [1.54, 1.807) is 0 Å². The van der Waals surface area contributed by atoms with Crippen molar-refractivity contribution in [2.24, 2.45) is 0 Å². The minimum absolute atomic E-state index is 0.000118. The fourth-order valence-electron chi connectivity index (χ4n) is 0.642. The summed E-state index contributed by atoms with van der Waals surface area (Å²) in [6.45, 7) is 3.04. The zero-order valence-electron chi connectivity index (χ0n) is 7.98. The molecule has 0 amide bonds. The van der Waals surface area contributed by atoms with Crippen LogP contribution in [0.3, 0.4) is 0 Å². The molecule has 0 radical (unpaired) electrons. The number of aliphatic hydroxyl groups excluding tert-OH is 1. The highest BCUT2D eigenvalue weighted by Gasteiger charge is 2.31. The van der Waals surface area contributed by atoms with Gasteiger partial charge in [0.15, 0.2) is 0 Å². The lowest BCUT2D eigenvalue weighted by molar-refractivity contribution is -0.166. The highest BCUT2D eigenvalue weighted by molar-refractivity contribution is 6.39. The average Bonchev–Trinajstić information content (AvgIpc) is 2.16. The number of carbonyl (C=O) groups excluding carboxylic acids is 3. The Kier molecular flexibility index (Phi) is 5.47. The summed E-state index contributed by atoms with van der Waals surface area (Å²) in [6, 6.07) is 0. The second-order valence-corrected chi connectivity index (χ2v) is 2.24. The van der Waals surface area contributed by atoms with E-state index in [0.29, 0.717) is 0 Å². The summed E-state index contributed by atoms with van der Waals surface area (Å²) in [5.41, 5.74) is 0. The van der Waals surface area contributed by atoms with E-state index < -0.39 is 23.8 Å². The molecular formula is C8H12O6. The molecule has 80 valence electrons. The largest absolute Gasteiger partial charge is 0.464 e. The van der Waals surface area contributed by atoms with Crippen molar-refractivity contribution in [2.75, 3.05) is 13.2 Å². The lowest BCUT2D eigenvalue weighted by Gasteiger charge is -2.07. The lowest BCUT2D eigenvalue weighted by atomic mass is 10.2. The van der Waals surface area contributed by atoms with Crippen LogP contribution in [0.15, 0.2) is 0 Å². The van der Waals surface area contributed by atoms with Crippen molar-refractivity contribution in [3.05, 3.63) is 0 Å². The molecule has 0 saturated heterocycles. The quantitative estimate of drug-likeness (QED) is 0.352. The van der Waals surface area contributed by atoms with Crippen LogP contribution in [0.4, 0.5) is 0 Å². The molecule has 0 saturated carbocycles. The molecule has 0 rings (SSSR count). The number of hydrogen-bond donors (Lipinski definition) is 1. The van der Waals surface area contributed by atoms with Gasteiger partial charge in [0.2, 0.25) is 6.10 Å². The average molecular weight is 204 g/mol. The molecular weight excluding hydrogens is 192 g/mol.